The van der Waals surface area contributed by atoms with Crippen LogP contribution >= 0.6 is 38.5 Å². The summed E-state index contributed by atoms with van der Waals surface area (Å²) in [6, 6.07) is 5.68. The second-order valence-electron chi connectivity index (χ2n) is 3.21. The Balaban J connectivity index is 2.69. The maximum Gasteiger partial charge on any atom is 0.252 e. The van der Waals surface area contributed by atoms with E-state index in [0.29, 0.717) is 5.56 Å². The van der Waals surface area contributed by atoms with Crippen LogP contribution in [0, 0.1) is 3.57 Å². The number of halogens is 2. The van der Waals surface area contributed by atoms with Gasteiger partial charge in [-0.05, 0) is 57.1 Å². The minimum atomic E-state index is -0.00570. The van der Waals surface area contributed by atoms with Crippen LogP contribution in [0.15, 0.2) is 22.7 Å². The summed E-state index contributed by atoms with van der Waals surface area (Å²) in [7, 11) is 0. The smallest absolute Gasteiger partial charge is 0.252 e. The van der Waals surface area contributed by atoms with E-state index < -0.39 is 0 Å². The molecule has 1 amide bonds. The average molecular weight is 382 g/mol. The van der Waals surface area contributed by atoms with Crippen LogP contribution in [0.1, 0.15) is 30.1 Å². The first-order valence-electron chi connectivity index (χ1n) is 4.89. The van der Waals surface area contributed by atoms with Crippen molar-refractivity contribution in [1.29, 1.82) is 0 Å². The Morgan fingerprint density at radius 1 is 1.53 bits per heavy atom. The molecule has 1 N–H and O–H groups in total. The number of amides is 1. The van der Waals surface area contributed by atoms with E-state index >= 15 is 0 Å². The molecule has 0 bridgehead atoms. The fourth-order valence-corrected chi connectivity index (χ4v) is 2.10. The molecule has 1 rings (SSSR count). The molecular weight excluding hydrogens is 369 g/mol. The molecule has 0 atom stereocenters. The zero-order chi connectivity index (χ0) is 11.3. The number of nitrogens with one attached hydrogen (secondary N) is 1. The van der Waals surface area contributed by atoms with E-state index in [4.69, 9.17) is 0 Å². The predicted octanol–water partition coefficient (Wildman–Crippen LogP) is 3.58. The second-order valence-corrected chi connectivity index (χ2v) is 5.17. The third-order valence-corrected chi connectivity index (χ3v) is 4.51. The quantitative estimate of drug-likeness (QED) is 0.626. The van der Waals surface area contributed by atoms with Crippen molar-refractivity contribution in [3.05, 3.63) is 31.8 Å². The number of carbonyl (C=O) groups is 1. The number of hydrogen-bond donors (Lipinski definition) is 1. The second kappa shape index (κ2) is 6.48. The summed E-state index contributed by atoms with van der Waals surface area (Å²) >= 11 is 5.62. The first-order chi connectivity index (χ1) is 7.16. The van der Waals surface area contributed by atoms with E-state index in [-0.39, 0.29) is 5.91 Å². The van der Waals surface area contributed by atoms with Crippen molar-refractivity contribution in [3.63, 3.8) is 0 Å². The van der Waals surface area contributed by atoms with Crippen LogP contribution < -0.4 is 5.32 Å². The highest BCUT2D eigenvalue weighted by Gasteiger charge is 2.10. The molecule has 4 heteroatoms. The molecule has 0 aliphatic carbocycles. The highest BCUT2D eigenvalue weighted by Crippen LogP contribution is 2.23. The fraction of sp³-hybridized carbons (Fsp3) is 0.364. The van der Waals surface area contributed by atoms with Gasteiger partial charge in [-0.2, -0.15) is 0 Å². The Morgan fingerprint density at radius 3 is 2.93 bits per heavy atom. The van der Waals surface area contributed by atoms with Crippen molar-refractivity contribution in [2.24, 2.45) is 0 Å². The van der Waals surface area contributed by atoms with Crippen LogP contribution in [0.3, 0.4) is 0 Å². The van der Waals surface area contributed by atoms with Gasteiger partial charge in [-0.25, -0.2) is 0 Å². The van der Waals surface area contributed by atoms with E-state index in [0.717, 1.165) is 27.4 Å². The van der Waals surface area contributed by atoms with Crippen LogP contribution in [0.4, 0.5) is 0 Å². The molecule has 2 nitrogen and oxygen atoms in total. The Labute approximate surface area is 112 Å². The highest BCUT2D eigenvalue weighted by atomic mass is 127. The van der Waals surface area contributed by atoms with Gasteiger partial charge in [0.2, 0.25) is 0 Å². The molecule has 0 unspecified atom stereocenters. The Bertz CT molecular complexity index is 354. The molecule has 1 aromatic carbocycles. The molecule has 0 aromatic heterocycles. The SMILES string of the molecule is CCCCNC(=O)c1cccc(I)c1Br. The summed E-state index contributed by atoms with van der Waals surface area (Å²) in [4.78, 5) is 11.7. The minimum Gasteiger partial charge on any atom is -0.352 e. The molecule has 1 aromatic rings. The van der Waals surface area contributed by atoms with Crippen LogP contribution in [-0.2, 0) is 0 Å². The van der Waals surface area contributed by atoms with Gasteiger partial charge in [0.15, 0.2) is 0 Å². The number of carbonyl (C=O) groups excluding carboxylic acids is 1. The molecule has 0 saturated carbocycles. The summed E-state index contributed by atoms with van der Waals surface area (Å²) < 4.78 is 1.93. The molecule has 0 aliphatic rings. The van der Waals surface area contributed by atoms with Gasteiger partial charge < -0.3 is 5.32 Å². The molecule has 0 saturated heterocycles. The fourth-order valence-electron chi connectivity index (χ4n) is 1.15. The zero-order valence-corrected chi connectivity index (χ0v) is 12.3. The number of hydrogen-bond acceptors (Lipinski definition) is 1. The van der Waals surface area contributed by atoms with E-state index in [9.17, 15) is 4.79 Å². The lowest BCUT2D eigenvalue weighted by atomic mass is 10.2. The molecular formula is C11H13BrINO. The standard InChI is InChI=1S/C11H13BrINO/c1-2-3-7-14-11(15)8-5-4-6-9(13)10(8)12/h4-6H,2-3,7H2,1H3,(H,14,15). The van der Waals surface area contributed by atoms with Gasteiger partial charge in [-0.15, -0.1) is 0 Å². The van der Waals surface area contributed by atoms with Gasteiger partial charge in [0.25, 0.3) is 5.91 Å². The molecule has 0 heterocycles. The third-order valence-electron chi connectivity index (χ3n) is 2.01. The molecule has 0 aliphatic heterocycles. The molecule has 0 radical (unpaired) electrons. The Hall–Kier alpha value is -0.100. The van der Waals surface area contributed by atoms with Crippen LogP contribution in [0.2, 0.25) is 0 Å². The first-order valence-corrected chi connectivity index (χ1v) is 6.76. The Morgan fingerprint density at radius 2 is 2.27 bits per heavy atom. The van der Waals surface area contributed by atoms with E-state index in [1.165, 1.54) is 0 Å². The van der Waals surface area contributed by atoms with Crippen molar-refractivity contribution in [2.75, 3.05) is 6.54 Å². The van der Waals surface area contributed by atoms with E-state index in [1.54, 1.807) is 0 Å². The maximum absolute atomic E-state index is 11.7. The zero-order valence-electron chi connectivity index (χ0n) is 8.52. The largest absolute Gasteiger partial charge is 0.352 e. The molecule has 15 heavy (non-hydrogen) atoms. The van der Waals surface area contributed by atoms with Crippen molar-refractivity contribution in [3.8, 4) is 0 Å². The van der Waals surface area contributed by atoms with E-state index in [2.05, 4.69) is 50.8 Å². The first kappa shape index (κ1) is 13.0. The number of unbranched alkanes of at least 4 members (excludes halogenated alkanes) is 1. The van der Waals surface area contributed by atoms with Gasteiger partial charge in [0, 0.05) is 14.6 Å². The topological polar surface area (TPSA) is 29.1 Å². The lowest BCUT2D eigenvalue weighted by molar-refractivity contribution is 0.0952. The predicted molar refractivity (Wildman–Crippen MR) is 74.1 cm³/mol. The Kier molecular flexibility index (Phi) is 5.60. The molecule has 82 valence electrons. The van der Waals surface area contributed by atoms with Crippen molar-refractivity contribution in [1.82, 2.24) is 5.32 Å². The lowest BCUT2D eigenvalue weighted by Crippen LogP contribution is -2.24. The highest BCUT2D eigenvalue weighted by molar-refractivity contribution is 14.1. The molecule has 0 fully saturated rings. The van der Waals surface area contributed by atoms with Crippen LogP contribution in [0.5, 0.6) is 0 Å². The minimum absolute atomic E-state index is 0.00570. The monoisotopic (exact) mass is 381 g/mol. The van der Waals surface area contributed by atoms with Crippen molar-refractivity contribution >= 4 is 44.4 Å². The molecule has 0 spiro atoms. The summed E-state index contributed by atoms with van der Waals surface area (Å²) in [6.07, 6.45) is 2.11. The van der Waals surface area contributed by atoms with Gasteiger partial charge in [0.05, 0.1) is 5.56 Å². The number of rotatable bonds is 4. The van der Waals surface area contributed by atoms with Crippen LogP contribution in [-0.4, -0.2) is 12.5 Å². The number of benzene rings is 1. The normalized spacial score (nSPS) is 10.1. The van der Waals surface area contributed by atoms with Gasteiger partial charge in [0.1, 0.15) is 0 Å². The summed E-state index contributed by atoms with van der Waals surface area (Å²) in [5.41, 5.74) is 0.706. The van der Waals surface area contributed by atoms with Gasteiger partial charge >= 0.3 is 0 Å². The van der Waals surface area contributed by atoms with Gasteiger partial charge in [-0.3, -0.25) is 4.79 Å². The summed E-state index contributed by atoms with van der Waals surface area (Å²) in [6.45, 7) is 2.85. The van der Waals surface area contributed by atoms with Gasteiger partial charge in [-0.1, -0.05) is 19.4 Å². The average Bonchev–Trinajstić information content (AvgIpc) is 2.22. The summed E-state index contributed by atoms with van der Waals surface area (Å²) in [5, 5.41) is 2.90. The lowest BCUT2D eigenvalue weighted by Gasteiger charge is -2.07. The third kappa shape index (κ3) is 3.75. The maximum atomic E-state index is 11.7. The summed E-state index contributed by atoms with van der Waals surface area (Å²) in [5.74, 6) is -0.00570. The van der Waals surface area contributed by atoms with Crippen molar-refractivity contribution in [2.45, 2.75) is 19.8 Å². The van der Waals surface area contributed by atoms with Crippen molar-refractivity contribution < 1.29 is 4.79 Å². The van der Waals surface area contributed by atoms with E-state index in [1.807, 2.05) is 18.2 Å². The van der Waals surface area contributed by atoms with Crippen LogP contribution in [0.25, 0.3) is 0 Å².